The van der Waals surface area contributed by atoms with E-state index in [2.05, 4.69) is 46.0 Å². The van der Waals surface area contributed by atoms with Crippen LogP contribution in [-0.4, -0.2) is 28.0 Å². The zero-order valence-electron chi connectivity index (χ0n) is 21.9. The van der Waals surface area contributed by atoms with E-state index in [1.165, 1.54) is 10.9 Å². The Morgan fingerprint density at radius 1 is 1.03 bits per heavy atom. The number of halogens is 1. The summed E-state index contributed by atoms with van der Waals surface area (Å²) < 4.78 is 30.0. The molecule has 38 heavy (non-hydrogen) atoms. The van der Waals surface area contributed by atoms with Crippen LogP contribution in [0.3, 0.4) is 0 Å². The highest BCUT2D eigenvalue weighted by Gasteiger charge is 2.25. The van der Waals surface area contributed by atoms with Crippen molar-refractivity contribution in [2.75, 3.05) is 13.2 Å². The second-order valence-corrected chi connectivity index (χ2v) is 9.79. The van der Waals surface area contributed by atoms with Crippen LogP contribution >= 0.6 is 0 Å². The Morgan fingerprint density at radius 3 is 2.79 bits per heavy atom. The summed E-state index contributed by atoms with van der Waals surface area (Å²) >= 11 is 0. The molecule has 3 aromatic carbocycles. The first-order valence-electron chi connectivity index (χ1n) is 13.4. The van der Waals surface area contributed by atoms with Gasteiger partial charge in [-0.15, -0.1) is 0 Å². The van der Waals surface area contributed by atoms with Crippen molar-refractivity contribution in [3.8, 4) is 16.9 Å². The molecule has 0 spiro atoms. The fourth-order valence-corrected chi connectivity index (χ4v) is 5.70. The number of allylic oxidation sites excluding steroid dienone is 1. The number of ether oxygens (including phenoxy) is 2. The van der Waals surface area contributed by atoms with Gasteiger partial charge in [0.05, 0.1) is 36.7 Å². The Bertz CT molecular complexity index is 1640. The van der Waals surface area contributed by atoms with E-state index < -0.39 is 0 Å². The van der Waals surface area contributed by atoms with Crippen LogP contribution in [0.2, 0.25) is 0 Å². The zero-order chi connectivity index (χ0) is 26.1. The molecule has 2 aromatic heterocycles. The Labute approximate surface area is 221 Å². The van der Waals surface area contributed by atoms with Gasteiger partial charge in [-0.2, -0.15) is 5.10 Å². The fraction of sp³-hybridized carbons (Fsp3) is 0.281. The lowest BCUT2D eigenvalue weighted by Gasteiger charge is -2.12. The average Bonchev–Trinajstić information content (AvgIpc) is 3.45. The summed E-state index contributed by atoms with van der Waals surface area (Å²) in [5.74, 6) is 0.677. The Hall–Kier alpha value is -3.90. The van der Waals surface area contributed by atoms with Gasteiger partial charge in [-0.05, 0) is 55.3 Å². The van der Waals surface area contributed by atoms with Crippen molar-refractivity contribution in [2.24, 2.45) is 0 Å². The predicted octanol–water partition coefficient (Wildman–Crippen LogP) is 7.29. The third-order valence-electron chi connectivity index (χ3n) is 7.56. The third-order valence-corrected chi connectivity index (χ3v) is 7.56. The van der Waals surface area contributed by atoms with Gasteiger partial charge in [-0.25, -0.2) is 4.39 Å². The number of rotatable bonds is 6. The molecule has 0 bridgehead atoms. The average molecular weight is 510 g/mol. The Morgan fingerprint density at radius 2 is 1.89 bits per heavy atom. The summed E-state index contributed by atoms with van der Waals surface area (Å²) in [4.78, 5) is 0. The maximum absolute atomic E-state index is 15.7. The molecular weight excluding hydrogens is 477 g/mol. The van der Waals surface area contributed by atoms with Crippen LogP contribution in [0.5, 0.6) is 5.75 Å². The number of nitrogens with zero attached hydrogens (tertiary/aromatic N) is 2. The van der Waals surface area contributed by atoms with Gasteiger partial charge in [-0.1, -0.05) is 55.5 Å². The van der Waals surface area contributed by atoms with Gasteiger partial charge in [0.25, 0.3) is 0 Å². The number of fused-ring (bicyclic) bond motifs is 3. The van der Waals surface area contributed by atoms with Crippen LogP contribution in [0.1, 0.15) is 36.0 Å². The molecule has 0 fully saturated rings. The van der Waals surface area contributed by atoms with E-state index in [9.17, 15) is 0 Å². The van der Waals surface area contributed by atoms with E-state index >= 15 is 4.39 Å². The number of H-pyrrole nitrogens is 1. The minimum Gasteiger partial charge on any atom is -0.493 e. The van der Waals surface area contributed by atoms with Crippen LogP contribution in [0.15, 0.2) is 66.7 Å². The summed E-state index contributed by atoms with van der Waals surface area (Å²) in [5, 5.41) is 11.0. The van der Waals surface area contributed by atoms with Crippen LogP contribution < -0.4 is 4.74 Å². The van der Waals surface area contributed by atoms with Crippen LogP contribution in [0.25, 0.3) is 32.8 Å². The van der Waals surface area contributed by atoms with E-state index in [4.69, 9.17) is 9.47 Å². The van der Waals surface area contributed by atoms with Crippen molar-refractivity contribution in [2.45, 2.75) is 46.3 Å². The molecule has 0 saturated heterocycles. The maximum atomic E-state index is 15.7. The highest BCUT2D eigenvalue weighted by Crippen LogP contribution is 2.40. The molecule has 1 aliphatic rings. The third kappa shape index (κ3) is 4.29. The lowest BCUT2D eigenvalue weighted by molar-refractivity contribution is 0.146. The second-order valence-electron chi connectivity index (χ2n) is 9.79. The first kappa shape index (κ1) is 24.4. The minimum absolute atomic E-state index is 0.234. The Kier molecular flexibility index (Phi) is 6.73. The maximum Gasteiger partial charge on any atom is 0.133 e. The monoisotopic (exact) mass is 509 g/mol. The van der Waals surface area contributed by atoms with E-state index in [0.29, 0.717) is 38.3 Å². The molecule has 6 heteroatoms. The molecule has 6 rings (SSSR count). The number of aromatic amines is 1. The molecule has 5 aromatic rings. The molecule has 0 saturated carbocycles. The van der Waals surface area contributed by atoms with Crippen molar-refractivity contribution in [3.05, 3.63) is 95.2 Å². The molecule has 0 atom stereocenters. The highest BCUT2D eigenvalue weighted by atomic mass is 19.1. The summed E-state index contributed by atoms with van der Waals surface area (Å²) in [7, 11) is 0. The SMILES string of the molecule is CCc1n[nH]c2c1-c1c(F)ccc3c(CCCOc4cccc5ccccc45)c(C)n(c13)C/C=C\COC2. The molecule has 0 aliphatic carbocycles. The van der Waals surface area contributed by atoms with Crippen LogP contribution in [0.4, 0.5) is 4.39 Å². The van der Waals surface area contributed by atoms with Gasteiger partial charge in [0.1, 0.15) is 11.6 Å². The summed E-state index contributed by atoms with van der Waals surface area (Å²) in [5.41, 5.74) is 6.45. The first-order valence-corrected chi connectivity index (χ1v) is 13.4. The molecule has 1 aliphatic heterocycles. The number of hydrogen-bond acceptors (Lipinski definition) is 3. The standard InChI is InChI=1S/C32H32FN3O2/c1-3-27-31-28(35-34-27)20-37-18-7-6-17-36-21(2)23(25-15-16-26(33)30(31)32(25)36)13-9-19-38-29-14-8-11-22-10-4-5-12-24(22)29/h4-8,10-12,14-16H,3,9,13,17-20H2,1-2H3,(H,34,35)/b7-6-. The van der Waals surface area contributed by atoms with Gasteiger partial charge < -0.3 is 14.0 Å². The van der Waals surface area contributed by atoms with Gasteiger partial charge in [-0.3, -0.25) is 5.10 Å². The minimum atomic E-state index is -0.234. The van der Waals surface area contributed by atoms with Crippen molar-refractivity contribution < 1.29 is 13.9 Å². The topological polar surface area (TPSA) is 52.1 Å². The Balaban J connectivity index is 1.37. The quantitative estimate of drug-likeness (QED) is 0.193. The van der Waals surface area contributed by atoms with Crippen molar-refractivity contribution >= 4 is 21.7 Å². The molecule has 5 nitrogen and oxygen atoms in total. The van der Waals surface area contributed by atoms with Gasteiger partial charge in [0.2, 0.25) is 0 Å². The van der Waals surface area contributed by atoms with Crippen LogP contribution in [-0.2, 0) is 30.7 Å². The second kappa shape index (κ2) is 10.5. The van der Waals surface area contributed by atoms with E-state index in [0.717, 1.165) is 57.5 Å². The summed E-state index contributed by atoms with van der Waals surface area (Å²) in [6, 6.07) is 18.0. The number of aryl methyl sites for hydroxylation is 2. The number of nitrogens with one attached hydrogen (secondary N) is 1. The zero-order valence-corrected chi connectivity index (χ0v) is 21.9. The van der Waals surface area contributed by atoms with Crippen molar-refractivity contribution in [1.82, 2.24) is 14.8 Å². The van der Waals surface area contributed by atoms with Gasteiger partial charge >= 0.3 is 0 Å². The number of benzene rings is 3. The molecule has 0 radical (unpaired) electrons. The normalized spacial score (nSPS) is 14.4. The molecule has 0 unspecified atom stereocenters. The predicted molar refractivity (Wildman–Crippen MR) is 150 cm³/mol. The first-order chi connectivity index (χ1) is 18.7. The van der Waals surface area contributed by atoms with Gasteiger partial charge in [0.15, 0.2) is 0 Å². The smallest absolute Gasteiger partial charge is 0.133 e. The van der Waals surface area contributed by atoms with E-state index in [1.54, 1.807) is 6.07 Å². The molecular formula is C32H32FN3O2. The summed E-state index contributed by atoms with van der Waals surface area (Å²) in [6.45, 7) is 6.32. The molecule has 0 amide bonds. The van der Waals surface area contributed by atoms with E-state index in [1.807, 2.05) is 43.3 Å². The molecule has 1 N–H and O–H groups in total. The highest BCUT2D eigenvalue weighted by molar-refractivity contribution is 5.99. The molecule has 194 valence electrons. The lowest BCUT2D eigenvalue weighted by Crippen LogP contribution is -2.03. The van der Waals surface area contributed by atoms with Crippen molar-refractivity contribution in [1.29, 1.82) is 0 Å². The van der Waals surface area contributed by atoms with E-state index in [-0.39, 0.29) is 5.82 Å². The molecule has 3 heterocycles. The number of hydrogen-bond donors (Lipinski definition) is 1. The van der Waals surface area contributed by atoms with Gasteiger partial charge in [0, 0.05) is 34.1 Å². The van der Waals surface area contributed by atoms with Crippen LogP contribution in [0, 0.1) is 12.7 Å². The largest absolute Gasteiger partial charge is 0.493 e. The van der Waals surface area contributed by atoms with Crippen molar-refractivity contribution in [3.63, 3.8) is 0 Å². The summed E-state index contributed by atoms with van der Waals surface area (Å²) in [6.07, 6.45) is 6.54. The lowest BCUT2D eigenvalue weighted by atomic mass is 9.97. The number of aromatic nitrogens is 3. The fourth-order valence-electron chi connectivity index (χ4n) is 5.70.